The first-order chi connectivity index (χ1) is 17.0. The lowest BCUT2D eigenvalue weighted by molar-refractivity contribution is -0.129. The number of ether oxygens (including phenoxy) is 1. The number of anilines is 2. The number of halogens is 1. The van der Waals surface area contributed by atoms with E-state index < -0.39 is 34.8 Å². The maximum atomic E-state index is 15.2. The fraction of sp³-hybridized carbons (Fsp3) is 0.593. The summed E-state index contributed by atoms with van der Waals surface area (Å²) in [7, 11) is 0. The second kappa shape index (κ2) is 11.3. The lowest BCUT2D eigenvalue weighted by Crippen LogP contribution is -2.44. The topological polar surface area (TPSA) is 115 Å². The van der Waals surface area contributed by atoms with Gasteiger partial charge >= 0.3 is 6.09 Å². The Kier molecular flexibility index (Phi) is 8.63. The molecule has 3 rings (SSSR count). The lowest BCUT2D eigenvalue weighted by Gasteiger charge is -2.29. The van der Waals surface area contributed by atoms with E-state index in [1.165, 1.54) is 12.5 Å². The molecule has 198 valence electrons. The average Bonchev–Trinajstić information content (AvgIpc) is 2.81. The van der Waals surface area contributed by atoms with E-state index in [2.05, 4.69) is 10.6 Å². The molecule has 1 fully saturated rings. The number of primary amides is 1. The molecule has 36 heavy (non-hydrogen) atoms. The van der Waals surface area contributed by atoms with Crippen LogP contribution in [0.2, 0.25) is 0 Å². The third kappa shape index (κ3) is 6.17. The molecule has 0 bridgehead atoms. The molecule has 0 spiro atoms. The van der Waals surface area contributed by atoms with Gasteiger partial charge in [-0.2, -0.15) is 0 Å². The molecule has 2 aromatic rings. The van der Waals surface area contributed by atoms with Crippen molar-refractivity contribution in [2.75, 3.05) is 10.6 Å². The summed E-state index contributed by atoms with van der Waals surface area (Å²) in [4.78, 5) is 37.9. The highest BCUT2D eigenvalue weighted by atomic mass is 19.1. The molecule has 0 saturated heterocycles. The second-order valence-electron chi connectivity index (χ2n) is 10.8. The molecular formula is C27H39FN4O4. The van der Waals surface area contributed by atoms with E-state index in [0.29, 0.717) is 11.2 Å². The van der Waals surface area contributed by atoms with E-state index in [1.807, 2.05) is 18.4 Å². The number of carbonyl (C=O) groups is 2. The van der Waals surface area contributed by atoms with E-state index in [0.717, 1.165) is 38.5 Å². The van der Waals surface area contributed by atoms with Crippen molar-refractivity contribution in [1.82, 2.24) is 4.57 Å². The van der Waals surface area contributed by atoms with Gasteiger partial charge in [-0.15, -0.1) is 0 Å². The van der Waals surface area contributed by atoms with Gasteiger partial charge in [0.2, 0.25) is 5.43 Å². The number of carbonyl (C=O) groups excluding carboxylic acids is 2. The molecule has 2 amide bonds. The van der Waals surface area contributed by atoms with Crippen LogP contribution in [0.1, 0.15) is 85.6 Å². The highest BCUT2D eigenvalue weighted by Gasteiger charge is 2.35. The number of pyridine rings is 1. The van der Waals surface area contributed by atoms with Crippen LogP contribution in [0.5, 0.6) is 0 Å². The Hall–Kier alpha value is -3.10. The Labute approximate surface area is 211 Å². The molecule has 1 aliphatic rings. The zero-order valence-electron chi connectivity index (χ0n) is 21.9. The molecule has 1 aromatic carbocycles. The van der Waals surface area contributed by atoms with Crippen LogP contribution in [0.15, 0.2) is 23.1 Å². The molecule has 1 unspecified atom stereocenters. The smallest absolute Gasteiger partial charge is 0.405 e. The minimum Gasteiger partial charge on any atom is -0.436 e. The Balaban J connectivity index is 2.09. The van der Waals surface area contributed by atoms with Crippen LogP contribution >= 0.6 is 0 Å². The van der Waals surface area contributed by atoms with E-state index in [-0.39, 0.29) is 23.2 Å². The third-order valence-corrected chi connectivity index (χ3v) is 6.94. The molecule has 1 aliphatic carbocycles. The Bertz CT molecular complexity index is 1160. The van der Waals surface area contributed by atoms with Crippen LogP contribution in [-0.4, -0.2) is 28.7 Å². The van der Waals surface area contributed by atoms with Gasteiger partial charge in [0, 0.05) is 23.7 Å². The van der Waals surface area contributed by atoms with Crippen LogP contribution < -0.4 is 21.8 Å². The van der Waals surface area contributed by atoms with Gasteiger partial charge in [-0.05, 0) is 37.8 Å². The first-order valence-electron chi connectivity index (χ1n) is 12.9. The second-order valence-corrected chi connectivity index (χ2v) is 10.8. The number of amides is 2. The van der Waals surface area contributed by atoms with Gasteiger partial charge in [0.1, 0.15) is 11.5 Å². The van der Waals surface area contributed by atoms with Gasteiger partial charge in [-0.1, -0.05) is 53.9 Å². The predicted octanol–water partition coefficient (Wildman–Crippen LogP) is 5.69. The normalized spacial score (nSPS) is 15.6. The van der Waals surface area contributed by atoms with Crippen molar-refractivity contribution < 1.29 is 18.7 Å². The Morgan fingerprint density at radius 2 is 1.78 bits per heavy atom. The standard InChI is InChI=1S/C27H39FN4O4/c1-6-17(7-2)32-15-21(31-25(34)24(27(3,4)5)36-26(29)35)23(33)18-13-19(28)20(14-22(18)32)30-16-11-9-8-10-12-16/h13-17,24,30H,6-12H2,1-5H3,(H2,29,35)(H,31,34). The molecule has 1 aromatic heterocycles. The highest BCUT2D eigenvalue weighted by molar-refractivity contribution is 5.97. The van der Waals surface area contributed by atoms with Gasteiger partial charge in [0.15, 0.2) is 6.10 Å². The molecule has 1 saturated carbocycles. The number of nitrogens with zero attached hydrogens (tertiary/aromatic N) is 1. The van der Waals surface area contributed by atoms with Crippen molar-refractivity contribution in [1.29, 1.82) is 0 Å². The van der Waals surface area contributed by atoms with Crippen molar-refractivity contribution in [2.45, 2.75) is 97.8 Å². The first-order valence-corrected chi connectivity index (χ1v) is 12.9. The van der Waals surface area contributed by atoms with E-state index in [9.17, 15) is 14.4 Å². The molecular weight excluding hydrogens is 463 g/mol. The van der Waals surface area contributed by atoms with Gasteiger partial charge in [0.05, 0.1) is 16.6 Å². The Morgan fingerprint density at radius 3 is 2.33 bits per heavy atom. The van der Waals surface area contributed by atoms with Crippen molar-refractivity contribution in [3.05, 3.63) is 34.4 Å². The van der Waals surface area contributed by atoms with Gasteiger partial charge in [-0.25, -0.2) is 9.18 Å². The van der Waals surface area contributed by atoms with Crippen molar-refractivity contribution in [3.8, 4) is 0 Å². The van der Waals surface area contributed by atoms with E-state index in [1.54, 1.807) is 33.0 Å². The van der Waals surface area contributed by atoms with Crippen LogP contribution in [0.4, 0.5) is 20.6 Å². The zero-order chi connectivity index (χ0) is 26.6. The van der Waals surface area contributed by atoms with E-state index >= 15 is 4.39 Å². The number of aromatic nitrogens is 1. The zero-order valence-corrected chi connectivity index (χ0v) is 21.9. The number of benzene rings is 1. The summed E-state index contributed by atoms with van der Waals surface area (Å²) in [6.45, 7) is 9.24. The summed E-state index contributed by atoms with van der Waals surface area (Å²) in [5, 5.41) is 6.13. The number of hydrogen-bond acceptors (Lipinski definition) is 5. The minimum atomic E-state index is -1.22. The monoisotopic (exact) mass is 502 g/mol. The minimum absolute atomic E-state index is 0.00545. The number of nitrogens with two attached hydrogens (primary N) is 1. The molecule has 1 heterocycles. The molecule has 9 heteroatoms. The van der Waals surface area contributed by atoms with Crippen molar-refractivity contribution >= 4 is 34.3 Å². The Morgan fingerprint density at radius 1 is 1.14 bits per heavy atom. The molecule has 8 nitrogen and oxygen atoms in total. The first kappa shape index (κ1) is 27.5. The maximum Gasteiger partial charge on any atom is 0.405 e. The summed E-state index contributed by atoms with van der Waals surface area (Å²) < 4.78 is 22.2. The highest BCUT2D eigenvalue weighted by Crippen LogP contribution is 2.30. The van der Waals surface area contributed by atoms with Gasteiger partial charge in [0.25, 0.3) is 5.91 Å². The van der Waals surface area contributed by atoms with Gasteiger partial charge in [-0.3, -0.25) is 9.59 Å². The third-order valence-electron chi connectivity index (χ3n) is 6.94. The fourth-order valence-corrected chi connectivity index (χ4v) is 4.96. The largest absolute Gasteiger partial charge is 0.436 e. The SMILES string of the molecule is CCC(CC)n1cc(NC(=O)C(OC(N)=O)C(C)(C)C)c(=O)c2cc(F)c(NC3CCCCC3)cc21. The summed E-state index contributed by atoms with van der Waals surface area (Å²) in [5.41, 5.74) is 4.88. The van der Waals surface area contributed by atoms with Crippen LogP contribution in [0, 0.1) is 11.2 Å². The molecule has 1 atom stereocenters. The van der Waals surface area contributed by atoms with Crippen molar-refractivity contribution in [2.24, 2.45) is 11.1 Å². The van der Waals surface area contributed by atoms with Crippen LogP contribution in [0.25, 0.3) is 10.9 Å². The number of nitrogens with one attached hydrogen (secondary N) is 2. The molecule has 4 N–H and O–H groups in total. The molecule has 0 aliphatic heterocycles. The summed E-state index contributed by atoms with van der Waals surface area (Å²) in [6, 6.07) is 3.19. The number of fused-ring (bicyclic) bond motifs is 1. The van der Waals surface area contributed by atoms with E-state index in [4.69, 9.17) is 10.5 Å². The summed E-state index contributed by atoms with van der Waals surface area (Å²) in [5.74, 6) is -1.18. The number of hydrogen-bond donors (Lipinski definition) is 3. The van der Waals surface area contributed by atoms with Gasteiger partial charge < -0.3 is 25.7 Å². The predicted molar refractivity (Wildman–Crippen MR) is 141 cm³/mol. The summed E-state index contributed by atoms with van der Waals surface area (Å²) in [6.07, 6.45) is 6.26. The molecule has 0 radical (unpaired) electrons. The summed E-state index contributed by atoms with van der Waals surface area (Å²) >= 11 is 0. The lowest BCUT2D eigenvalue weighted by atomic mass is 9.88. The quantitative estimate of drug-likeness (QED) is 0.429. The fourth-order valence-electron chi connectivity index (χ4n) is 4.96. The van der Waals surface area contributed by atoms with Crippen LogP contribution in [0.3, 0.4) is 0 Å². The van der Waals surface area contributed by atoms with Crippen molar-refractivity contribution in [3.63, 3.8) is 0 Å². The maximum absolute atomic E-state index is 15.2. The number of rotatable bonds is 8. The van der Waals surface area contributed by atoms with Crippen LogP contribution in [-0.2, 0) is 9.53 Å². The average molecular weight is 503 g/mol.